The molecule has 28 heavy (non-hydrogen) atoms. The van der Waals surface area contributed by atoms with E-state index in [1.165, 1.54) is 6.20 Å². The third-order valence-corrected chi connectivity index (χ3v) is 6.28. The molecule has 0 radical (unpaired) electrons. The zero-order valence-electron chi connectivity index (χ0n) is 16.4. The predicted octanol–water partition coefficient (Wildman–Crippen LogP) is 0.492. The number of amides is 2. The Morgan fingerprint density at radius 3 is 2.75 bits per heavy atom. The first-order chi connectivity index (χ1) is 13.5. The Labute approximate surface area is 165 Å². The van der Waals surface area contributed by atoms with Crippen LogP contribution in [-0.2, 0) is 9.53 Å². The van der Waals surface area contributed by atoms with Crippen molar-refractivity contribution < 1.29 is 19.4 Å². The van der Waals surface area contributed by atoms with Gasteiger partial charge in [-0.1, -0.05) is 0 Å². The van der Waals surface area contributed by atoms with Crippen LogP contribution in [0.15, 0.2) is 12.3 Å². The highest BCUT2D eigenvalue weighted by atomic mass is 16.5. The number of pyridine rings is 1. The molecule has 1 spiro atoms. The summed E-state index contributed by atoms with van der Waals surface area (Å²) in [7, 11) is 0. The molecule has 3 saturated heterocycles. The second-order valence-corrected chi connectivity index (χ2v) is 8.10. The number of aryl methyl sites for hydroxylation is 1. The van der Waals surface area contributed by atoms with Crippen LogP contribution in [0.4, 0.5) is 0 Å². The Bertz CT molecular complexity index is 765. The maximum Gasteiger partial charge on any atom is 0.257 e. The van der Waals surface area contributed by atoms with Gasteiger partial charge in [0.25, 0.3) is 5.91 Å². The molecule has 0 aromatic carbocycles. The minimum absolute atomic E-state index is 0.110. The van der Waals surface area contributed by atoms with Gasteiger partial charge in [0.05, 0.1) is 30.4 Å². The number of rotatable bonds is 4. The summed E-state index contributed by atoms with van der Waals surface area (Å²) in [5.41, 5.74) is 0.485. The Kier molecular flexibility index (Phi) is 5.25. The van der Waals surface area contributed by atoms with Crippen molar-refractivity contribution in [3.8, 4) is 5.75 Å². The van der Waals surface area contributed by atoms with Crippen molar-refractivity contribution in [3.63, 3.8) is 0 Å². The largest absolute Gasteiger partial charge is 0.505 e. The van der Waals surface area contributed by atoms with E-state index in [1.54, 1.807) is 17.9 Å². The van der Waals surface area contributed by atoms with E-state index in [9.17, 15) is 14.7 Å². The molecule has 4 heterocycles. The van der Waals surface area contributed by atoms with Crippen LogP contribution in [0.3, 0.4) is 0 Å². The van der Waals surface area contributed by atoms with E-state index >= 15 is 0 Å². The maximum absolute atomic E-state index is 13.1. The number of aromatic hydroxyl groups is 1. The number of carbonyl (C=O) groups excluding carboxylic acids is 2. The van der Waals surface area contributed by atoms with Crippen LogP contribution in [0, 0.1) is 12.3 Å². The normalized spacial score (nSPS) is 25.8. The number of nitrogens with zero attached hydrogens (tertiary/aromatic N) is 4. The second-order valence-electron chi connectivity index (χ2n) is 8.10. The average molecular weight is 388 g/mol. The van der Waals surface area contributed by atoms with Gasteiger partial charge in [-0.25, -0.2) is 0 Å². The molecule has 3 aliphatic heterocycles. The van der Waals surface area contributed by atoms with Gasteiger partial charge in [0.1, 0.15) is 5.75 Å². The third-order valence-electron chi connectivity index (χ3n) is 6.28. The number of hydrogen-bond donors (Lipinski definition) is 1. The molecule has 3 fully saturated rings. The lowest BCUT2D eigenvalue weighted by Gasteiger charge is -2.29. The molecule has 8 heteroatoms. The Morgan fingerprint density at radius 1 is 1.21 bits per heavy atom. The molecule has 8 nitrogen and oxygen atoms in total. The second kappa shape index (κ2) is 7.67. The molecule has 4 rings (SSSR count). The number of likely N-dealkylation sites (tertiary alicyclic amines) is 2. The van der Waals surface area contributed by atoms with E-state index < -0.39 is 5.41 Å². The first kappa shape index (κ1) is 19.1. The van der Waals surface area contributed by atoms with Crippen molar-refractivity contribution in [2.45, 2.75) is 19.8 Å². The Morgan fingerprint density at radius 2 is 1.96 bits per heavy atom. The minimum atomic E-state index is -0.460. The molecule has 1 aromatic heterocycles. The monoisotopic (exact) mass is 388 g/mol. The maximum atomic E-state index is 13.1. The smallest absolute Gasteiger partial charge is 0.257 e. The van der Waals surface area contributed by atoms with E-state index in [2.05, 4.69) is 9.88 Å². The molecule has 0 saturated carbocycles. The van der Waals surface area contributed by atoms with Gasteiger partial charge in [-0.3, -0.25) is 19.5 Å². The van der Waals surface area contributed by atoms with Crippen LogP contribution in [0.2, 0.25) is 0 Å². The number of morpholine rings is 1. The highest BCUT2D eigenvalue weighted by Gasteiger charge is 2.51. The lowest BCUT2D eigenvalue weighted by atomic mass is 9.85. The molecule has 0 bridgehead atoms. The molecule has 152 valence electrons. The van der Waals surface area contributed by atoms with Gasteiger partial charge in [-0.05, 0) is 25.8 Å². The quantitative estimate of drug-likeness (QED) is 0.808. The van der Waals surface area contributed by atoms with Gasteiger partial charge in [0.2, 0.25) is 5.91 Å². The first-order valence-corrected chi connectivity index (χ1v) is 10.0. The van der Waals surface area contributed by atoms with Crippen LogP contribution < -0.4 is 0 Å². The molecule has 3 aliphatic rings. The molecule has 1 unspecified atom stereocenters. The highest BCUT2D eigenvalue weighted by Crippen LogP contribution is 2.41. The fourth-order valence-electron chi connectivity index (χ4n) is 4.51. The van der Waals surface area contributed by atoms with E-state index in [4.69, 9.17) is 4.74 Å². The predicted molar refractivity (Wildman–Crippen MR) is 102 cm³/mol. The lowest BCUT2D eigenvalue weighted by Crippen LogP contribution is -2.43. The van der Waals surface area contributed by atoms with Gasteiger partial charge in [0, 0.05) is 51.5 Å². The van der Waals surface area contributed by atoms with Crippen LogP contribution >= 0.6 is 0 Å². The third kappa shape index (κ3) is 3.58. The van der Waals surface area contributed by atoms with Crippen molar-refractivity contribution in [1.29, 1.82) is 0 Å². The van der Waals surface area contributed by atoms with E-state index in [1.807, 2.05) is 4.90 Å². The molecular weight excluding hydrogens is 360 g/mol. The summed E-state index contributed by atoms with van der Waals surface area (Å²) in [6, 6.07) is 1.60. The Hall–Kier alpha value is -2.19. The number of hydrogen-bond acceptors (Lipinski definition) is 6. The fraction of sp³-hybridized carbons (Fsp3) is 0.650. The average Bonchev–Trinajstić information content (AvgIpc) is 3.28. The number of ether oxygens (including phenoxy) is 1. The number of aromatic nitrogens is 1. The van der Waals surface area contributed by atoms with E-state index in [0.29, 0.717) is 25.2 Å². The van der Waals surface area contributed by atoms with Crippen molar-refractivity contribution in [2.75, 3.05) is 59.0 Å². The van der Waals surface area contributed by atoms with Crippen molar-refractivity contribution in [3.05, 3.63) is 23.5 Å². The van der Waals surface area contributed by atoms with Gasteiger partial charge in [0.15, 0.2) is 0 Å². The Balaban J connectivity index is 1.38. The summed E-state index contributed by atoms with van der Waals surface area (Å²) in [6.07, 6.45) is 2.79. The molecule has 1 aromatic rings. The molecule has 0 aliphatic carbocycles. The van der Waals surface area contributed by atoms with Crippen LogP contribution in [0.25, 0.3) is 0 Å². The van der Waals surface area contributed by atoms with E-state index in [-0.39, 0.29) is 23.1 Å². The molecule has 2 amide bonds. The van der Waals surface area contributed by atoms with Crippen molar-refractivity contribution in [2.24, 2.45) is 5.41 Å². The van der Waals surface area contributed by atoms with Crippen LogP contribution in [0.1, 0.15) is 28.9 Å². The van der Waals surface area contributed by atoms with Gasteiger partial charge >= 0.3 is 0 Å². The van der Waals surface area contributed by atoms with Crippen LogP contribution in [-0.4, -0.2) is 95.6 Å². The zero-order chi connectivity index (χ0) is 19.7. The molecule has 1 atom stereocenters. The van der Waals surface area contributed by atoms with Crippen molar-refractivity contribution >= 4 is 11.8 Å². The highest BCUT2D eigenvalue weighted by molar-refractivity contribution is 5.98. The zero-order valence-corrected chi connectivity index (χ0v) is 16.4. The molecule has 1 N–H and O–H groups in total. The summed E-state index contributed by atoms with van der Waals surface area (Å²) < 4.78 is 5.37. The summed E-state index contributed by atoms with van der Waals surface area (Å²) >= 11 is 0. The minimum Gasteiger partial charge on any atom is -0.505 e. The van der Waals surface area contributed by atoms with Gasteiger partial charge in [-0.2, -0.15) is 0 Å². The molecular formula is C20H28N4O4. The summed E-state index contributed by atoms with van der Waals surface area (Å²) in [5.74, 6) is -0.160. The van der Waals surface area contributed by atoms with Crippen molar-refractivity contribution in [1.82, 2.24) is 19.7 Å². The number of carbonyl (C=O) groups is 2. The summed E-state index contributed by atoms with van der Waals surface area (Å²) in [4.78, 5) is 36.0. The fourth-order valence-corrected chi connectivity index (χ4v) is 4.51. The van der Waals surface area contributed by atoms with E-state index in [0.717, 1.165) is 52.4 Å². The summed E-state index contributed by atoms with van der Waals surface area (Å²) in [6.45, 7) is 8.49. The first-order valence-electron chi connectivity index (χ1n) is 10.0. The lowest BCUT2D eigenvalue weighted by molar-refractivity contribution is -0.135. The topological polar surface area (TPSA) is 86.2 Å². The SMILES string of the molecule is Cc1cc(C(=O)N2CCC3(CCN(CCN4CCOCC4)C3=O)C2)c(O)cn1. The van der Waals surface area contributed by atoms with Gasteiger partial charge < -0.3 is 19.6 Å². The van der Waals surface area contributed by atoms with Crippen LogP contribution in [0.5, 0.6) is 5.75 Å². The summed E-state index contributed by atoms with van der Waals surface area (Å²) in [5, 5.41) is 10.0. The standard InChI is InChI=1S/C20H28N4O4/c1-15-12-16(17(25)13-21-15)18(26)24-5-3-20(14-24)2-4-23(19(20)27)7-6-22-8-10-28-11-9-22/h12-13,25H,2-11,14H2,1H3. The van der Waals surface area contributed by atoms with Gasteiger partial charge in [-0.15, -0.1) is 0 Å².